The highest BCUT2D eigenvalue weighted by Gasteiger charge is 2.11. The Morgan fingerprint density at radius 2 is 1.36 bits per heavy atom. The highest BCUT2D eigenvalue weighted by atomic mass is 14.9. The van der Waals surface area contributed by atoms with Crippen molar-refractivity contribution in [2.24, 2.45) is 0 Å². The Balaban J connectivity index is 2.19. The standard InChI is InChI=1S/C18H14N4/c19-15-8-6-12-10-14(11-4-2-1-3-5-11)13-7-9-16(20)22-18(13)17(12)21-15/h1-10H,(H2,19,21)(H2,20,22). The maximum atomic E-state index is 5.87. The number of anilines is 2. The first-order chi connectivity index (χ1) is 10.7. The normalized spacial score (nSPS) is 11.1. The first-order valence-corrected chi connectivity index (χ1v) is 7.03. The number of pyridine rings is 2. The summed E-state index contributed by atoms with van der Waals surface area (Å²) in [5, 5.41) is 2.02. The molecule has 0 aliphatic heterocycles. The van der Waals surface area contributed by atoms with Crippen LogP contribution in [0.15, 0.2) is 60.7 Å². The molecular formula is C18H14N4. The molecule has 0 saturated carbocycles. The molecule has 0 aliphatic rings. The van der Waals surface area contributed by atoms with E-state index in [1.165, 1.54) is 0 Å². The Hall–Kier alpha value is -3.14. The van der Waals surface area contributed by atoms with Crippen LogP contribution in [-0.4, -0.2) is 9.97 Å². The van der Waals surface area contributed by atoms with Gasteiger partial charge in [-0.15, -0.1) is 0 Å². The minimum atomic E-state index is 0.475. The predicted octanol–water partition coefficient (Wildman–Crippen LogP) is 3.61. The van der Waals surface area contributed by atoms with Crippen molar-refractivity contribution in [2.75, 3.05) is 11.5 Å². The van der Waals surface area contributed by atoms with Gasteiger partial charge in [0.15, 0.2) is 0 Å². The van der Waals surface area contributed by atoms with Crippen molar-refractivity contribution in [3.05, 3.63) is 60.7 Å². The van der Waals surface area contributed by atoms with Crippen molar-refractivity contribution in [3.63, 3.8) is 0 Å². The third-order valence-corrected chi connectivity index (χ3v) is 3.76. The molecule has 0 saturated heterocycles. The van der Waals surface area contributed by atoms with Crippen LogP contribution < -0.4 is 11.5 Å². The van der Waals surface area contributed by atoms with Crippen LogP contribution in [0.1, 0.15) is 0 Å². The maximum absolute atomic E-state index is 5.87. The fraction of sp³-hybridized carbons (Fsp3) is 0. The molecule has 4 rings (SSSR count). The molecule has 4 N–H and O–H groups in total. The second kappa shape index (κ2) is 4.70. The van der Waals surface area contributed by atoms with E-state index in [-0.39, 0.29) is 0 Å². The molecule has 0 radical (unpaired) electrons. The molecule has 106 valence electrons. The minimum absolute atomic E-state index is 0.475. The third-order valence-electron chi connectivity index (χ3n) is 3.76. The highest BCUT2D eigenvalue weighted by molar-refractivity contribution is 6.10. The quantitative estimate of drug-likeness (QED) is 0.524. The SMILES string of the molecule is Nc1ccc2cc(-c3ccccc3)c3ccc(N)nc3c2n1. The first-order valence-electron chi connectivity index (χ1n) is 7.03. The van der Waals surface area contributed by atoms with Crippen molar-refractivity contribution in [1.29, 1.82) is 0 Å². The molecular weight excluding hydrogens is 272 g/mol. The monoisotopic (exact) mass is 286 g/mol. The van der Waals surface area contributed by atoms with Gasteiger partial charge in [0.1, 0.15) is 11.6 Å². The van der Waals surface area contributed by atoms with Crippen LogP contribution in [0, 0.1) is 0 Å². The molecule has 0 aliphatic carbocycles. The van der Waals surface area contributed by atoms with E-state index in [1.54, 1.807) is 6.07 Å². The van der Waals surface area contributed by atoms with Crippen LogP contribution >= 0.6 is 0 Å². The van der Waals surface area contributed by atoms with Crippen LogP contribution in [0.4, 0.5) is 11.6 Å². The van der Waals surface area contributed by atoms with Crippen LogP contribution in [0.2, 0.25) is 0 Å². The molecule has 0 spiro atoms. The Labute approximate surface area is 127 Å². The van der Waals surface area contributed by atoms with Gasteiger partial charge in [-0.2, -0.15) is 0 Å². The second-order valence-corrected chi connectivity index (χ2v) is 5.23. The van der Waals surface area contributed by atoms with Crippen molar-refractivity contribution >= 4 is 33.4 Å². The van der Waals surface area contributed by atoms with Crippen LogP contribution in [-0.2, 0) is 0 Å². The number of hydrogen-bond acceptors (Lipinski definition) is 4. The van der Waals surface area contributed by atoms with Gasteiger partial charge in [0.05, 0.1) is 11.0 Å². The molecule has 2 aromatic heterocycles. The summed E-state index contributed by atoms with van der Waals surface area (Å²) in [6, 6.07) is 19.9. The average molecular weight is 286 g/mol. The summed E-state index contributed by atoms with van der Waals surface area (Å²) in [6.07, 6.45) is 0. The van der Waals surface area contributed by atoms with E-state index in [9.17, 15) is 0 Å². The fourth-order valence-corrected chi connectivity index (χ4v) is 2.75. The molecule has 0 atom stereocenters. The highest BCUT2D eigenvalue weighted by Crippen LogP contribution is 2.33. The van der Waals surface area contributed by atoms with Gasteiger partial charge in [0.25, 0.3) is 0 Å². The molecule has 4 nitrogen and oxygen atoms in total. The number of nitrogen functional groups attached to an aromatic ring is 2. The van der Waals surface area contributed by atoms with Crippen molar-refractivity contribution in [3.8, 4) is 11.1 Å². The second-order valence-electron chi connectivity index (χ2n) is 5.23. The summed E-state index contributed by atoms with van der Waals surface area (Å²) < 4.78 is 0. The summed E-state index contributed by atoms with van der Waals surface area (Å²) >= 11 is 0. The summed E-state index contributed by atoms with van der Waals surface area (Å²) in [4.78, 5) is 8.93. The van der Waals surface area contributed by atoms with E-state index in [1.807, 2.05) is 36.4 Å². The van der Waals surface area contributed by atoms with Gasteiger partial charge >= 0.3 is 0 Å². The molecule has 4 heteroatoms. The van der Waals surface area contributed by atoms with Crippen LogP contribution in [0.5, 0.6) is 0 Å². The fourth-order valence-electron chi connectivity index (χ4n) is 2.75. The van der Waals surface area contributed by atoms with Crippen molar-refractivity contribution < 1.29 is 0 Å². The van der Waals surface area contributed by atoms with Gasteiger partial charge in [0.2, 0.25) is 0 Å². The Morgan fingerprint density at radius 3 is 2.14 bits per heavy atom. The van der Waals surface area contributed by atoms with Gasteiger partial charge in [-0.05, 0) is 41.5 Å². The Morgan fingerprint density at radius 1 is 0.682 bits per heavy atom. The van der Waals surface area contributed by atoms with E-state index in [2.05, 4.69) is 28.2 Å². The van der Waals surface area contributed by atoms with E-state index >= 15 is 0 Å². The van der Waals surface area contributed by atoms with Gasteiger partial charge in [-0.25, -0.2) is 9.97 Å². The van der Waals surface area contributed by atoms with Crippen molar-refractivity contribution in [1.82, 2.24) is 9.97 Å². The van der Waals surface area contributed by atoms with Crippen LogP contribution in [0.3, 0.4) is 0 Å². The third kappa shape index (κ3) is 1.93. The lowest BCUT2D eigenvalue weighted by Gasteiger charge is -2.10. The smallest absolute Gasteiger partial charge is 0.124 e. The minimum Gasteiger partial charge on any atom is -0.384 e. The van der Waals surface area contributed by atoms with E-state index in [0.29, 0.717) is 11.6 Å². The van der Waals surface area contributed by atoms with E-state index in [4.69, 9.17) is 11.5 Å². The van der Waals surface area contributed by atoms with Crippen LogP contribution in [0.25, 0.3) is 32.9 Å². The molecule has 2 heterocycles. The summed E-state index contributed by atoms with van der Waals surface area (Å²) in [7, 11) is 0. The molecule has 0 bridgehead atoms. The zero-order valence-corrected chi connectivity index (χ0v) is 11.8. The lowest BCUT2D eigenvalue weighted by atomic mass is 9.98. The molecule has 0 unspecified atom stereocenters. The zero-order valence-electron chi connectivity index (χ0n) is 11.8. The number of fused-ring (bicyclic) bond motifs is 3. The molecule has 0 amide bonds. The molecule has 2 aromatic carbocycles. The molecule has 0 fully saturated rings. The molecule has 4 aromatic rings. The largest absolute Gasteiger partial charge is 0.384 e. The number of nitrogens with two attached hydrogens (primary N) is 2. The molecule has 22 heavy (non-hydrogen) atoms. The predicted molar refractivity (Wildman–Crippen MR) is 91.3 cm³/mol. The van der Waals surface area contributed by atoms with Gasteiger partial charge in [-0.3, -0.25) is 0 Å². The average Bonchev–Trinajstić information content (AvgIpc) is 2.55. The van der Waals surface area contributed by atoms with Gasteiger partial charge < -0.3 is 11.5 Å². The Bertz CT molecular complexity index is 994. The number of hydrogen-bond donors (Lipinski definition) is 2. The Kier molecular flexibility index (Phi) is 2.69. The number of nitrogens with zero attached hydrogens (tertiary/aromatic N) is 2. The lowest BCUT2D eigenvalue weighted by Crippen LogP contribution is -1.96. The van der Waals surface area contributed by atoms with E-state index < -0.39 is 0 Å². The van der Waals surface area contributed by atoms with Gasteiger partial charge in [0, 0.05) is 10.8 Å². The summed E-state index contributed by atoms with van der Waals surface area (Å²) in [5.74, 6) is 0.953. The maximum Gasteiger partial charge on any atom is 0.124 e. The number of aromatic nitrogens is 2. The van der Waals surface area contributed by atoms with Gasteiger partial charge in [-0.1, -0.05) is 30.3 Å². The first kappa shape index (κ1) is 12.6. The lowest BCUT2D eigenvalue weighted by molar-refractivity contribution is 1.38. The van der Waals surface area contributed by atoms with E-state index in [0.717, 1.165) is 32.9 Å². The summed E-state index contributed by atoms with van der Waals surface area (Å²) in [6.45, 7) is 0. The van der Waals surface area contributed by atoms with Crippen molar-refractivity contribution in [2.45, 2.75) is 0 Å². The summed E-state index contributed by atoms with van der Waals surface area (Å²) in [5.41, 5.74) is 15.5. The topological polar surface area (TPSA) is 77.8 Å². The number of rotatable bonds is 1. The number of benzene rings is 2. The zero-order chi connectivity index (χ0) is 15.1.